The average Bonchev–Trinajstić information content (AvgIpc) is 2.75. The van der Waals surface area contributed by atoms with Crippen LogP contribution < -0.4 is 0 Å². The van der Waals surface area contributed by atoms with Crippen LogP contribution in [-0.2, 0) is 6.54 Å². The highest BCUT2D eigenvalue weighted by molar-refractivity contribution is 7.71. The van der Waals surface area contributed by atoms with Crippen LogP contribution in [0.2, 0.25) is 0 Å². The number of H-pyrrole nitrogens is 1. The van der Waals surface area contributed by atoms with Gasteiger partial charge in [0.15, 0.2) is 10.4 Å². The van der Waals surface area contributed by atoms with Crippen molar-refractivity contribution in [1.29, 1.82) is 0 Å². The summed E-state index contributed by atoms with van der Waals surface area (Å²) in [6.45, 7) is 3.02. The number of fused-ring (bicyclic) bond motifs is 1. The zero-order chi connectivity index (χ0) is 13.2. The summed E-state index contributed by atoms with van der Waals surface area (Å²) in [6.07, 6.45) is 10.5. The number of rotatable bonds is 3. The predicted molar refractivity (Wildman–Crippen MR) is 80.8 cm³/mol. The number of aromatic nitrogens is 3. The van der Waals surface area contributed by atoms with Gasteiger partial charge in [0.1, 0.15) is 0 Å². The molecule has 0 unspecified atom stereocenters. The third kappa shape index (κ3) is 2.50. The Morgan fingerprint density at radius 1 is 1.42 bits per heavy atom. The summed E-state index contributed by atoms with van der Waals surface area (Å²) in [4.78, 5) is 7.75. The van der Waals surface area contributed by atoms with E-state index in [4.69, 9.17) is 12.2 Å². The van der Waals surface area contributed by atoms with Crippen LogP contribution in [0.1, 0.15) is 37.7 Å². The Morgan fingerprint density at radius 3 is 3.11 bits per heavy atom. The van der Waals surface area contributed by atoms with Gasteiger partial charge in [-0.25, -0.2) is 4.98 Å². The predicted octanol–water partition coefficient (Wildman–Crippen LogP) is 4.29. The Hall–Kier alpha value is -1.42. The smallest absolute Gasteiger partial charge is 0.179 e. The van der Waals surface area contributed by atoms with Gasteiger partial charge in [-0.15, -0.1) is 0 Å². The molecule has 0 bridgehead atoms. The van der Waals surface area contributed by atoms with E-state index in [0.29, 0.717) is 0 Å². The van der Waals surface area contributed by atoms with Gasteiger partial charge >= 0.3 is 0 Å². The summed E-state index contributed by atoms with van der Waals surface area (Å²) < 4.78 is 2.92. The fraction of sp³-hybridized carbons (Fsp3) is 0.467. The van der Waals surface area contributed by atoms with Crippen LogP contribution in [0.5, 0.6) is 0 Å². The normalized spacial score (nSPS) is 15.7. The molecule has 0 amide bonds. The maximum absolute atomic E-state index is 5.43. The molecule has 3 nitrogen and oxygen atoms in total. The number of pyridine rings is 1. The van der Waals surface area contributed by atoms with Gasteiger partial charge in [0, 0.05) is 12.7 Å². The van der Waals surface area contributed by atoms with E-state index in [0.717, 1.165) is 28.9 Å². The van der Waals surface area contributed by atoms with Crippen LogP contribution >= 0.6 is 12.2 Å². The van der Waals surface area contributed by atoms with Crippen molar-refractivity contribution in [3.63, 3.8) is 0 Å². The number of hydrogen-bond acceptors (Lipinski definition) is 2. The van der Waals surface area contributed by atoms with Crippen molar-refractivity contribution in [1.82, 2.24) is 14.5 Å². The minimum Gasteiger partial charge on any atom is -0.329 e. The minimum atomic E-state index is 0.785. The molecule has 0 aromatic carbocycles. The van der Waals surface area contributed by atoms with Gasteiger partial charge in [-0.2, -0.15) is 0 Å². The SMILES string of the molecule is Cc1ccnc2c1[nH]c(=S)n2CCC1=CCCCC1. The molecule has 4 heteroatoms. The van der Waals surface area contributed by atoms with Gasteiger partial charge in [0.25, 0.3) is 0 Å². The van der Waals surface area contributed by atoms with Crippen LogP contribution in [0.15, 0.2) is 23.9 Å². The standard InChI is InChI=1S/C15H19N3S/c1-11-7-9-16-14-13(11)17-15(19)18(14)10-8-12-5-3-2-4-6-12/h5,7,9H,2-4,6,8,10H2,1H3,(H,17,19). The minimum absolute atomic E-state index is 0.785. The van der Waals surface area contributed by atoms with E-state index in [1.165, 1.54) is 31.2 Å². The first-order valence-electron chi connectivity index (χ1n) is 6.98. The first kappa shape index (κ1) is 12.6. The topological polar surface area (TPSA) is 33.6 Å². The molecule has 0 saturated carbocycles. The molecule has 2 heterocycles. The van der Waals surface area contributed by atoms with Gasteiger partial charge in [-0.1, -0.05) is 11.6 Å². The number of aryl methyl sites for hydroxylation is 2. The molecule has 0 radical (unpaired) electrons. The van der Waals surface area contributed by atoms with Gasteiger partial charge < -0.3 is 9.55 Å². The third-order valence-corrected chi connectivity index (χ3v) is 4.24. The lowest BCUT2D eigenvalue weighted by Crippen LogP contribution is -2.02. The summed E-state index contributed by atoms with van der Waals surface area (Å²) in [5.41, 5.74) is 4.84. The average molecular weight is 273 g/mol. The van der Waals surface area contributed by atoms with Crippen LogP contribution in [0, 0.1) is 11.7 Å². The van der Waals surface area contributed by atoms with Gasteiger partial charge in [-0.3, -0.25) is 0 Å². The lowest BCUT2D eigenvalue weighted by Gasteiger charge is -2.12. The zero-order valence-electron chi connectivity index (χ0n) is 11.3. The Morgan fingerprint density at radius 2 is 2.32 bits per heavy atom. The quantitative estimate of drug-likeness (QED) is 0.668. The molecule has 19 heavy (non-hydrogen) atoms. The van der Waals surface area contributed by atoms with Crippen LogP contribution in [-0.4, -0.2) is 14.5 Å². The van der Waals surface area contributed by atoms with Crippen molar-refractivity contribution in [3.8, 4) is 0 Å². The second-order valence-corrected chi connectivity index (χ2v) is 5.65. The molecular formula is C15H19N3S. The number of allylic oxidation sites excluding steroid dienone is 2. The summed E-state index contributed by atoms with van der Waals surface area (Å²) in [5.74, 6) is 0. The number of hydrogen-bond donors (Lipinski definition) is 1. The second-order valence-electron chi connectivity index (χ2n) is 5.27. The maximum Gasteiger partial charge on any atom is 0.179 e. The molecule has 0 spiro atoms. The molecular weight excluding hydrogens is 254 g/mol. The largest absolute Gasteiger partial charge is 0.329 e. The van der Waals surface area contributed by atoms with Crippen molar-refractivity contribution >= 4 is 23.4 Å². The van der Waals surface area contributed by atoms with Gasteiger partial charge in [-0.05, 0) is 62.9 Å². The summed E-state index contributed by atoms with van der Waals surface area (Å²) >= 11 is 5.43. The van der Waals surface area contributed by atoms with Gasteiger partial charge in [0.2, 0.25) is 0 Å². The van der Waals surface area contributed by atoms with Crippen LogP contribution in [0.3, 0.4) is 0 Å². The molecule has 0 aliphatic heterocycles. The summed E-state index contributed by atoms with van der Waals surface area (Å²) in [6, 6.07) is 2.02. The molecule has 1 N–H and O–H groups in total. The Kier molecular flexibility index (Phi) is 3.51. The second kappa shape index (κ2) is 5.29. The van der Waals surface area contributed by atoms with Crippen LogP contribution in [0.25, 0.3) is 11.2 Å². The van der Waals surface area contributed by atoms with Crippen molar-refractivity contribution in [2.24, 2.45) is 0 Å². The molecule has 3 rings (SSSR count). The fourth-order valence-electron chi connectivity index (χ4n) is 2.77. The van der Waals surface area contributed by atoms with Crippen molar-refractivity contribution in [2.45, 2.75) is 45.6 Å². The van der Waals surface area contributed by atoms with Crippen molar-refractivity contribution in [3.05, 3.63) is 34.2 Å². The van der Waals surface area contributed by atoms with Crippen LogP contribution in [0.4, 0.5) is 0 Å². The molecule has 0 saturated heterocycles. The molecule has 1 aliphatic rings. The zero-order valence-corrected chi connectivity index (χ0v) is 12.1. The maximum atomic E-state index is 5.43. The van der Waals surface area contributed by atoms with E-state index in [1.807, 2.05) is 12.3 Å². The lowest BCUT2D eigenvalue weighted by atomic mass is 9.97. The molecule has 0 fully saturated rings. The molecule has 2 aromatic rings. The fourth-order valence-corrected chi connectivity index (χ4v) is 3.05. The van der Waals surface area contributed by atoms with Gasteiger partial charge in [0.05, 0.1) is 5.52 Å². The first-order valence-corrected chi connectivity index (χ1v) is 7.38. The third-order valence-electron chi connectivity index (χ3n) is 3.91. The number of nitrogens with one attached hydrogen (secondary N) is 1. The number of imidazole rings is 1. The lowest BCUT2D eigenvalue weighted by molar-refractivity contribution is 0.627. The molecule has 0 atom stereocenters. The summed E-state index contributed by atoms with van der Waals surface area (Å²) in [7, 11) is 0. The Labute approximate surface area is 118 Å². The van der Waals surface area contributed by atoms with E-state index in [1.54, 1.807) is 5.57 Å². The molecule has 100 valence electrons. The molecule has 1 aliphatic carbocycles. The van der Waals surface area contributed by atoms with E-state index >= 15 is 0 Å². The van der Waals surface area contributed by atoms with Crippen molar-refractivity contribution < 1.29 is 0 Å². The Balaban J connectivity index is 1.88. The van der Waals surface area contributed by atoms with E-state index in [2.05, 4.69) is 27.5 Å². The Bertz CT molecular complexity index is 678. The number of nitrogens with zero attached hydrogens (tertiary/aromatic N) is 2. The highest BCUT2D eigenvalue weighted by Gasteiger charge is 2.09. The van der Waals surface area contributed by atoms with Crippen molar-refractivity contribution in [2.75, 3.05) is 0 Å². The van der Waals surface area contributed by atoms with E-state index in [9.17, 15) is 0 Å². The monoisotopic (exact) mass is 273 g/mol. The summed E-state index contributed by atoms with van der Waals surface area (Å²) in [5, 5.41) is 0. The highest BCUT2D eigenvalue weighted by Crippen LogP contribution is 2.22. The first-order chi connectivity index (χ1) is 9.25. The number of aromatic amines is 1. The highest BCUT2D eigenvalue weighted by atomic mass is 32.1. The van der Waals surface area contributed by atoms with E-state index in [-0.39, 0.29) is 0 Å². The van der Waals surface area contributed by atoms with E-state index < -0.39 is 0 Å². The molecule has 2 aromatic heterocycles.